The Morgan fingerprint density at radius 2 is 2.15 bits per heavy atom. The van der Waals surface area contributed by atoms with Crippen LogP contribution >= 0.6 is 11.3 Å². The van der Waals surface area contributed by atoms with Crippen LogP contribution in [-0.4, -0.2) is 38.1 Å². The molecule has 0 aliphatic heterocycles. The zero-order chi connectivity index (χ0) is 18.1. The van der Waals surface area contributed by atoms with Crippen molar-refractivity contribution in [3.05, 3.63) is 47.2 Å². The van der Waals surface area contributed by atoms with Crippen LogP contribution in [0.25, 0.3) is 10.2 Å². The van der Waals surface area contributed by atoms with Gasteiger partial charge in [0.1, 0.15) is 0 Å². The minimum atomic E-state index is -0.316. The van der Waals surface area contributed by atoms with E-state index in [9.17, 15) is 9.90 Å². The first-order valence-electron chi connectivity index (χ1n) is 8.52. The fraction of sp³-hybridized carbons (Fsp3) is 0.333. The van der Waals surface area contributed by atoms with Crippen molar-refractivity contribution < 1.29 is 9.90 Å². The predicted molar refractivity (Wildman–Crippen MR) is 100 cm³/mol. The van der Waals surface area contributed by atoms with Gasteiger partial charge in [-0.25, -0.2) is 9.97 Å². The second kappa shape index (κ2) is 6.97. The Morgan fingerprint density at radius 1 is 1.31 bits per heavy atom. The molecule has 1 fully saturated rings. The normalized spacial score (nSPS) is 20.4. The molecule has 8 heteroatoms. The van der Waals surface area contributed by atoms with Crippen molar-refractivity contribution in [1.82, 2.24) is 20.3 Å². The van der Waals surface area contributed by atoms with Gasteiger partial charge < -0.3 is 15.7 Å². The highest BCUT2D eigenvalue weighted by Crippen LogP contribution is 2.26. The summed E-state index contributed by atoms with van der Waals surface area (Å²) in [4.78, 5) is 26.0. The fourth-order valence-corrected chi connectivity index (χ4v) is 3.76. The number of aromatic nitrogens is 3. The molecule has 0 radical (unpaired) electrons. The van der Waals surface area contributed by atoms with E-state index in [0.29, 0.717) is 24.5 Å². The van der Waals surface area contributed by atoms with Crippen LogP contribution in [0.2, 0.25) is 0 Å². The van der Waals surface area contributed by atoms with Crippen LogP contribution in [0, 0.1) is 0 Å². The first kappa shape index (κ1) is 16.9. The summed E-state index contributed by atoms with van der Waals surface area (Å²) in [6, 6.07) is 7.51. The molecule has 3 heterocycles. The Bertz CT molecular complexity index is 924. The van der Waals surface area contributed by atoms with Crippen molar-refractivity contribution in [1.29, 1.82) is 0 Å². The number of rotatable bonds is 5. The summed E-state index contributed by atoms with van der Waals surface area (Å²) >= 11 is 1.44. The quantitative estimate of drug-likeness (QED) is 0.639. The summed E-state index contributed by atoms with van der Waals surface area (Å²) in [6.45, 7) is 1.97. The monoisotopic (exact) mass is 369 g/mol. The van der Waals surface area contributed by atoms with Crippen LogP contribution in [0.1, 0.15) is 42.0 Å². The summed E-state index contributed by atoms with van der Waals surface area (Å²) in [5, 5.41) is 17.5. The van der Waals surface area contributed by atoms with Gasteiger partial charge in [-0.05, 0) is 43.3 Å². The number of carbonyl (C=O) groups is 1. The number of pyridine rings is 1. The lowest BCUT2D eigenvalue weighted by Crippen LogP contribution is -2.47. The van der Waals surface area contributed by atoms with E-state index < -0.39 is 0 Å². The third kappa shape index (κ3) is 3.38. The molecule has 134 valence electrons. The molecule has 1 saturated carbocycles. The third-order valence-electron chi connectivity index (χ3n) is 4.44. The highest BCUT2D eigenvalue weighted by Gasteiger charge is 2.29. The number of carbonyl (C=O) groups excluding carboxylic acids is 1. The van der Waals surface area contributed by atoms with E-state index in [4.69, 9.17) is 0 Å². The lowest BCUT2D eigenvalue weighted by Gasteiger charge is -2.31. The molecule has 3 aromatic heterocycles. The molecule has 4 rings (SSSR count). The second-order valence-corrected chi connectivity index (χ2v) is 7.36. The molecule has 0 saturated heterocycles. The Morgan fingerprint density at radius 3 is 2.88 bits per heavy atom. The number of fused-ring (bicyclic) bond motifs is 1. The average molecular weight is 369 g/mol. The van der Waals surface area contributed by atoms with Crippen LogP contribution in [0.15, 0.2) is 35.8 Å². The molecule has 0 bridgehead atoms. The molecule has 1 aliphatic carbocycles. The fourth-order valence-electron chi connectivity index (χ4n) is 2.94. The maximum atomic E-state index is 12.7. The number of nitrogens with one attached hydrogen (secondary N) is 2. The number of hydrogen-bond acceptors (Lipinski definition) is 7. The largest absolute Gasteiger partial charge is 0.393 e. The smallest absolute Gasteiger partial charge is 0.271 e. The molecule has 1 amide bonds. The molecular weight excluding hydrogens is 350 g/mol. The van der Waals surface area contributed by atoms with E-state index in [-0.39, 0.29) is 24.1 Å². The Kier molecular flexibility index (Phi) is 4.52. The van der Waals surface area contributed by atoms with Crippen LogP contribution in [-0.2, 0) is 0 Å². The van der Waals surface area contributed by atoms with Crippen molar-refractivity contribution in [3.63, 3.8) is 0 Å². The Hall–Kier alpha value is -2.58. The summed E-state index contributed by atoms with van der Waals surface area (Å²) < 4.78 is 0.762. The number of nitrogens with zero attached hydrogens (tertiary/aromatic N) is 3. The van der Waals surface area contributed by atoms with E-state index in [1.807, 2.05) is 36.6 Å². The first-order valence-corrected chi connectivity index (χ1v) is 9.40. The number of amides is 1. The van der Waals surface area contributed by atoms with Crippen molar-refractivity contribution in [2.24, 2.45) is 0 Å². The van der Waals surface area contributed by atoms with E-state index in [0.717, 1.165) is 15.9 Å². The summed E-state index contributed by atoms with van der Waals surface area (Å²) in [5.41, 5.74) is 1.97. The van der Waals surface area contributed by atoms with Gasteiger partial charge in [-0.1, -0.05) is 6.07 Å². The van der Waals surface area contributed by atoms with Gasteiger partial charge in [0, 0.05) is 12.2 Å². The molecule has 26 heavy (non-hydrogen) atoms. The van der Waals surface area contributed by atoms with Gasteiger partial charge in [-0.2, -0.15) is 0 Å². The number of hydrogen-bond donors (Lipinski definition) is 3. The van der Waals surface area contributed by atoms with Crippen LogP contribution in [0.5, 0.6) is 0 Å². The molecule has 7 nitrogen and oxygen atoms in total. The van der Waals surface area contributed by atoms with Crippen LogP contribution < -0.4 is 10.6 Å². The van der Waals surface area contributed by atoms with Gasteiger partial charge in [0.05, 0.1) is 28.1 Å². The Balaban J connectivity index is 1.59. The molecule has 0 aromatic carbocycles. The predicted octanol–water partition coefficient (Wildman–Crippen LogP) is 2.51. The van der Waals surface area contributed by atoms with Crippen LogP contribution in [0.4, 0.5) is 5.95 Å². The van der Waals surface area contributed by atoms with Gasteiger partial charge in [-0.3, -0.25) is 9.78 Å². The lowest BCUT2D eigenvalue weighted by molar-refractivity contribution is 0.0561. The van der Waals surface area contributed by atoms with Gasteiger partial charge in [-0.15, -0.1) is 11.3 Å². The molecule has 0 spiro atoms. The zero-order valence-electron chi connectivity index (χ0n) is 14.2. The topological polar surface area (TPSA) is 100 Å². The minimum absolute atomic E-state index is 0.00586. The van der Waals surface area contributed by atoms with Crippen LogP contribution in [0.3, 0.4) is 0 Å². The van der Waals surface area contributed by atoms with Gasteiger partial charge in [0.2, 0.25) is 5.95 Å². The maximum Gasteiger partial charge on any atom is 0.271 e. The lowest BCUT2D eigenvalue weighted by atomic mass is 9.89. The first-order chi connectivity index (χ1) is 12.6. The van der Waals surface area contributed by atoms with E-state index >= 15 is 0 Å². The molecule has 1 atom stereocenters. The standard InChI is InChI=1S/C18H19N5O2S/c1-10(13-4-2-3-6-19-13)20-18-22-14-5-7-26-16(14)15(23-18)17(25)21-11-8-12(24)9-11/h2-7,10-12,24H,8-9H2,1H3,(H,21,25)(H,20,22,23)/t10-,11-,12+/m0/s1. The molecule has 3 N–H and O–H groups in total. The van der Waals surface area contributed by atoms with E-state index in [1.165, 1.54) is 11.3 Å². The Labute approximate surface area is 154 Å². The highest BCUT2D eigenvalue weighted by molar-refractivity contribution is 7.17. The minimum Gasteiger partial charge on any atom is -0.393 e. The second-order valence-electron chi connectivity index (χ2n) is 6.45. The highest BCUT2D eigenvalue weighted by atomic mass is 32.1. The number of aliphatic hydroxyl groups excluding tert-OH is 1. The van der Waals surface area contributed by atoms with Crippen molar-refractivity contribution in [2.45, 2.75) is 38.0 Å². The molecule has 1 aliphatic rings. The van der Waals surface area contributed by atoms with Crippen molar-refractivity contribution in [2.75, 3.05) is 5.32 Å². The third-order valence-corrected chi connectivity index (χ3v) is 5.35. The van der Waals surface area contributed by atoms with E-state index in [1.54, 1.807) is 6.20 Å². The number of thiophene rings is 1. The summed E-state index contributed by atoms with van der Waals surface area (Å²) in [5.74, 6) is 0.165. The van der Waals surface area contributed by atoms with Gasteiger partial charge in [0.25, 0.3) is 5.91 Å². The van der Waals surface area contributed by atoms with Gasteiger partial charge >= 0.3 is 0 Å². The van der Waals surface area contributed by atoms with Crippen molar-refractivity contribution in [3.8, 4) is 0 Å². The summed E-state index contributed by atoms with van der Waals surface area (Å²) in [6.07, 6.45) is 2.60. The number of aliphatic hydroxyl groups is 1. The molecule has 3 aromatic rings. The average Bonchev–Trinajstić information content (AvgIpc) is 3.08. The number of anilines is 1. The van der Waals surface area contributed by atoms with E-state index in [2.05, 4.69) is 25.6 Å². The zero-order valence-corrected chi connectivity index (χ0v) is 15.0. The molecular formula is C18H19N5O2S. The maximum absolute atomic E-state index is 12.7. The summed E-state index contributed by atoms with van der Waals surface area (Å²) in [7, 11) is 0. The SMILES string of the molecule is C[C@H](Nc1nc(C(=O)N[C@H]2C[C@@H](O)C2)c2sccc2n1)c1ccccn1. The molecule has 0 unspecified atom stereocenters. The van der Waals surface area contributed by atoms with Crippen molar-refractivity contribution >= 4 is 33.4 Å². The van der Waals surface area contributed by atoms with Gasteiger partial charge in [0.15, 0.2) is 5.69 Å².